The molecule has 1 N–H and O–H groups in total. The quantitative estimate of drug-likeness (QED) is 0.641. The number of benzene rings is 2. The smallest absolute Gasteiger partial charge is 0.240 e. The first-order chi connectivity index (χ1) is 14.1. The first kappa shape index (κ1) is 21.8. The van der Waals surface area contributed by atoms with E-state index >= 15 is 0 Å². The molecule has 1 saturated heterocycles. The molecule has 3 rings (SSSR count). The summed E-state index contributed by atoms with van der Waals surface area (Å²) in [6.07, 6.45) is 4.05. The number of likely N-dealkylation sites (tertiary alicyclic amines) is 1. The van der Waals surface area contributed by atoms with Gasteiger partial charge in [-0.2, -0.15) is 0 Å². The average Bonchev–Trinajstić information content (AvgIpc) is 2.76. The number of nitrogens with zero attached hydrogens (tertiary/aromatic N) is 1. The third-order valence-electron chi connectivity index (χ3n) is 5.44. The van der Waals surface area contributed by atoms with E-state index in [9.17, 15) is 8.42 Å². The molecule has 1 aliphatic heterocycles. The summed E-state index contributed by atoms with van der Waals surface area (Å²) in [5, 5.41) is 0. The highest BCUT2D eigenvalue weighted by Gasteiger charge is 2.22. The van der Waals surface area contributed by atoms with Gasteiger partial charge in [0.1, 0.15) is 5.75 Å². The van der Waals surface area contributed by atoms with Gasteiger partial charge in [0.05, 0.1) is 11.5 Å². The fourth-order valence-corrected chi connectivity index (χ4v) is 4.71. The fraction of sp³-hybridized carbons (Fsp3) is 0.478. The zero-order valence-corrected chi connectivity index (χ0v) is 18.0. The third-order valence-corrected chi connectivity index (χ3v) is 6.88. The van der Waals surface area contributed by atoms with E-state index in [4.69, 9.17) is 4.74 Å². The Bertz CT molecular complexity index is 830. The van der Waals surface area contributed by atoms with Crippen molar-refractivity contribution in [3.63, 3.8) is 0 Å². The van der Waals surface area contributed by atoms with Crippen LogP contribution in [0.3, 0.4) is 0 Å². The minimum Gasteiger partial charge on any atom is -0.494 e. The molecular weight excluding hydrogens is 384 g/mol. The maximum absolute atomic E-state index is 12.6. The predicted molar refractivity (Wildman–Crippen MR) is 117 cm³/mol. The topological polar surface area (TPSA) is 58.6 Å². The zero-order chi connectivity index (χ0) is 20.5. The van der Waals surface area contributed by atoms with Crippen molar-refractivity contribution in [2.75, 3.05) is 32.8 Å². The summed E-state index contributed by atoms with van der Waals surface area (Å²) in [5.74, 6) is 1.10. The van der Waals surface area contributed by atoms with Crippen molar-refractivity contribution < 1.29 is 13.2 Å². The molecule has 0 aromatic heterocycles. The van der Waals surface area contributed by atoms with Crippen LogP contribution in [0.4, 0.5) is 0 Å². The lowest BCUT2D eigenvalue weighted by molar-refractivity contribution is 0.187. The summed E-state index contributed by atoms with van der Waals surface area (Å²) in [4.78, 5) is 2.77. The van der Waals surface area contributed by atoms with E-state index in [1.165, 1.54) is 5.56 Å². The van der Waals surface area contributed by atoms with Gasteiger partial charge in [0.25, 0.3) is 0 Å². The van der Waals surface area contributed by atoms with E-state index in [1.54, 1.807) is 24.3 Å². The SMILES string of the molecule is CCCOc1ccc(S(=O)(=O)NCC2CCN(CCc3ccccc3)CC2)cc1. The summed E-state index contributed by atoms with van der Waals surface area (Å²) in [6.45, 7) is 6.30. The third kappa shape index (κ3) is 6.84. The summed E-state index contributed by atoms with van der Waals surface area (Å²) in [7, 11) is -3.48. The minimum absolute atomic E-state index is 0.293. The van der Waals surface area contributed by atoms with E-state index in [1.807, 2.05) is 13.0 Å². The van der Waals surface area contributed by atoms with Gasteiger partial charge in [-0.1, -0.05) is 37.3 Å². The second-order valence-electron chi connectivity index (χ2n) is 7.69. The summed E-state index contributed by atoms with van der Waals surface area (Å²) in [5.41, 5.74) is 1.37. The lowest BCUT2D eigenvalue weighted by Crippen LogP contribution is -2.39. The molecule has 0 aliphatic carbocycles. The van der Waals surface area contributed by atoms with E-state index in [0.29, 0.717) is 29.7 Å². The largest absolute Gasteiger partial charge is 0.494 e. The van der Waals surface area contributed by atoms with Crippen molar-refractivity contribution in [3.05, 3.63) is 60.2 Å². The van der Waals surface area contributed by atoms with Crippen LogP contribution in [-0.4, -0.2) is 46.1 Å². The first-order valence-electron chi connectivity index (χ1n) is 10.6. The standard InChI is InChI=1S/C23H32N2O3S/c1-2-18-28-22-8-10-23(11-9-22)29(26,27)24-19-21-13-16-25(17-14-21)15-12-20-6-4-3-5-7-20/h3-11,21,24H,2,12-19H2,1H3. The van der Waals surface area contributed by atoms with Gasteiger partial charge < -0.3 is 9.64 Å². The molecule has 0 unspecified atom stereocenters. The summed E-state index contributed by atoms with van der Waals surface area (Å²) < 4.78 is 33.4. The Morgan fingerprint density at radius 2 is 1.72 bits per heavy atom. The first-order valence-corrected chi connectivity index (χ1v) is 12.0. The molecule has 1 fully saturated rings. The number of piperidine rings is 1. The van der Waals surface area contributed by atoms with E-state index < -0.39 is 10.0 Å². The molecule has 158 valence electrons. The van der Waals surface area contributed by atoms with Crippen LogP contribution >= 0.6 is 0 Å². The molecule has 6 heteroatoms. The highest BCUT2D eigenvalue weighted by atomic mass is 32.2. The number of hydrogen-bond acceptors (Lipinski definition) is 4. The molecule has 5 nitrogen and oxygen atoms in total. The Labute approximate surface area is 175 Å². The summed E-state index contributed by atoms with van der Waals surface area (Å²) in [6, 6.07) is 17.2. The van der Waals surface area contributed by atoms with Gasteiger partial charge in [0.2, 0.25) is 10.0 Å². The Morgan fingerprint density at radius 1 is 1.03 bits per heavy atom. The fourth-order valence-electron chi connectivity index (χ4n) is 3.59. The van der Waals surface area contributed by atoms with Crippen molar-refractivity contribution >= 4 is 10.0 Å². The molecule has 29 heavy (non-hydrogen) atoms. The van der Waals surface area contributed by atoms with Crippen LogP contribution in [0, 0.1) is 5.92 Å². The normalized spacial score (nSPS) is 16.0. The Hall–Kier alpha value is -1.89. The molecule has 1 aliphatic rings. The molecule has 2 aromatic rings. The van der Waals surface area contributed by atoms with Gasteiger partial charge in [-0.15, -0.1) is 0 Å². The molecule has 0 saturated carbocycles. The molecule has 0 atom stereocenters. The van der Waals surface area contributed by atoms with Crippen LogP contribution in [0.5, 0.6) is 5.75 Å². The van der Waals surface area contributed by atoms with Crippen LogP contribution in [0.25, 0.3) is 0 Å². The molecule has 1 heterocycles. The molecule has 0 radical (unpaired) electrons. The Balaban J connectivity index is 1.41. The second kappa shape index (κ2) is 10.8. The number of ether oxygens (including phenoxy) is 1. The van der Waals surface area contributed by atoms with Crippen LogP contribution in [-0.2, 0) is 16.4 Å². The second-order valence-corrected chi connectivity index (χ2v) is 9.46. The number of rotatable bonds is 10. The van der Waals surface area contributed by atoms with Crippen molar-refractivity contribution in [1.29, 1.82) is 0 Å². The van der Waals surface area contributed by atoms with Crippen molar-refractivity contribution in [1.82, 2.24) is 9.62 Å². The maximum atomic E-state index is 12.6. The van der Waals surface area contributed by atoms with Gasteiger partial charge in [0.15, 0.2) is 0 Å². The monoisotopic (exact) mass is 416 g/mol. The zero-order valence-electron chi connectivity index (χ0n) is 17.2. The molecule has 0 bridgehead atoms. The van der Waals surface area contributed by atoms with Crippen molar-refractivity contribution in [3.8, 4) is 5.75 Å². The maximum Gasteiger partial charge on any atom is 0.240 e. The van der Waals surface area contributed by atoms with Gasteiger partial charge in [-0.3, -0.25) is 0 Å². The highest BCUT2D eigenvalue weighted by Crippen LogP contribution is 2.19. The molecule has 0 spiro atoms. The van der Waals surface area contributed by atoms with Crippen LogP contribution in [0.1, 0.15) is 31.7 Å². The van der Waals surface area contributed by atoms with E-state index in [2.05, 4.69) is 33.9 Å². The lowest BCUT2D eigenvalue weighted by Gasteiger charge is -2.32. The number of hydrogen-bond donors (Lipinski definition) is 1. The minimum atomic E-state index is -3.48. The highest BCUT2D eigenvalue weighted by molar-refractivity contribution is 7.89. The van der Waals surface area contributed by atoms with Gasteiger partial charge in [-0.05, 0) is 74.5 Å². The number of nitrogens with one attached hydrogen (secondary N) is 1. The Kier molecular flexibility index (Phi) is 8.09. The molecule has 2 aromatic carbocycles. The predicted octanol–water partition coefficient (Wildman–Crippen LogP) is 3.71. The Morgan fingerprint density at radius 3 is 2.38 bits per heavy atom. The van der Waals surface area contributed by atoms with Crippen LogP contribution in [0.15, 0.2) is 59.5 Å². The van der Waals surface area contributed by atoms with Gasteiger partial charge in [-0.25, -0.2) is 13.1 Å². The summed E-state index contributed by atoms with van der Waals surface area (Å²) >= 11 is 0. The van der Waals surface area contributed by atoms with Gasteiger partial charge >= 0.3 is 0 Å². The average molecular weight is 417 g/mol. The molecule has 0 amide bonds. The van der Waals surface area contributed by atoms with Crippen LogP contribution in [0.2, 0.25) is 0 Å². The van der Waals surface area contributed by atoms with Crippen molar-refractivity contribution in [2.45, 2.75) is 37.5 Å². The lowest BCUT2D eigenvalue weighted by atomic mass is 9.97. The number of sulfonamides is 1. The van der Waals surface area contributed by atoms with Crippen LogP contribution < -0.4 is 9.46 Å². The van der Waals surface area contributed by atoms with Gasteiger partial charge in [0, 0.05) is 13.1 Å². The van der Waals surface area contributed by atoms with Crippen molar-refractivity contribution in [2.24, 2.45) is 5.92 Å². The van der Waals surface area contributed by atoms with E-state index in [0.717, 1.165) is 45.3 Å². The molecular formula is C23H32N2O3S. The van der Waals surface area contributed by atoms with E-state index in [-0.39, 0.29) is 0 Å².